The van der Waals surface area contributed by atoms with Gasteiger partial charge in [0.15, 0.2) is 0 Å². The van der Waals surface area contributed by atoms with Crippen LogP contribution >= 0.6 is 0 Å². The Balaban J connectivity index is 2.76. The van der Waals surface area contributed by atoms with Gasteiger partial charge < -0.3 is 14.6 Å². The van der Waals surface area contributed by atoms with Crippen molar-refractivity contribution in [2.45, 2.75) is 18.7 Å². The molecule has 0 bridgehead atoms. The number of carbonyl (C=O) groups is 1. The van der Waals surface area contributed by atoms with E-state index in [0.717, 1.165) is 0 Å². The van der Waals surface area contributed by atoms with E-state index in [-0.39, 0.29) is 5.92 Å². The number of rotatable bonds is 4. The molecule has 108 valence electrons. The van der Waals surface area contributed by atoms with Crippen LogP contribution in [0.1, 0.15) is 13.8 Å². The van der Waals surface area contributed by atoms with Crippen LogP contribution in [0.15, 0.2) is 35.2 Å². The van der Waals surface area contributed by atoms with Crippen molar-refractivity contribution in [1.29, 1.82) is 0 Å². The number of amides is 1. The molecule has 0 aliphatic heterocycles. The number of hydrogen-bond donors (Lipinski definition) is 0. The van der Waals surface area contributed by atoms with Crippen LogP contribution in [0.2, 0.25) is 0 Å². The zero-order valence-corrected chi connectivity index (χ0v) is 12.5. The second-order valence-corrected chi connectivity index (χ2v) is 5.72. The summed E-state index contributed by atoms with van der Waals surface area (Å²) >= 11 is -1.90. The van der Waals surface area contributed by atoms with Gasteiger partial charge in [0.1, 0.15) is 0 Å². The maximum Gasteiger partial charge on any atom is 0.555 e. The largest absolute Gasteiger partial charge is 0.555 e. The number of nitrogens with zero attached hydrogens (tertiary/aromatic N) is 3. The van der Waals surface area contributed by atoms with Gasteiger partial charge in [-0.05, 0) is 18.1 Å². The Bertz CT molecular complexity index is 539. The highest BCUT2D eigenvalue weighted by Crippen LogP contribution is 2.07. The monoisotopic (exact) mass is 295 g/mol. The van der Waals surface area contributed by atoms with E-state index in [2.05, 4.69) is 4.79 Å². The first kappa shape index (κ1) is 16.1. The van der Waals surface area contributed by atoms with E-state index >= 15 is 0 Å². The molecule has 0 saturated carbocycles. The van der Waals surface area contributed by atoms with Crippen molar-refractivity contribution in [2.75, 3.05) is 13.6 Å². The predicted octanol–water partition coefficient (Wildman–Crippen LogP) is 1.47. The summed E-state index contributed by atoms with van der Waals surface area (Å²) in [5, 5.41) is 0. The SMILES string of the molecule is CC(C)CN(C)C(=O)C(=[N+]=[N-])OS(=O)c1ccccc1. The molecule has 0 heterocycles. The molecule has 0 fully saturated rings. The second-order valence-electron chi connectivity index (χ2n) is 4.62. The molecule has 1 atom stereocenters. The lowest BCUT2D eigenvalue weighted by Crippen LogP contribution is -2.37. The first-order valence-electron chi connectivity index (χ1n) is 6.08. The summed E-state index contributed by atoms with van der Waals surface area (Å²) in [6.07, 6.45) is 0. The molecule has 0 spiro atoms. The highest BCUT2D eigenvalue weighted by molar-refractivity contribution is 7.80. The topological polar surface area (TPSA) is 83.0 Å². The van der Waals surface area contributed by atoms with Crippen molar-refractivity contribution in [1.82, 2.24) is 4.90 Å². The fourth-order valence-electron chi connectivity index (χ4n) is 1.54. The fraction of sp³-hybridized carbons (Fsp3) is 0.385. The average Bonchev–Trinajstić information content (AvgIpc) is 2.44. The summed E-state index contributed by atoms with van der Waals surface area (Å²) in [6, 6.07) is 8.34. The third-order valence-corrected chi connectivity index (χ3v) is 3.32. The molecule has 1 amide bonds. The number of benzene rings is 1. The molecule has 0 saturated heterocycles. The van der Waals surface area contributed by atoms with Crippen LogP contribution in [0.3, 0.4) is 0 Å². The summed E-state index contributed by atoms with van der Waals surface area (Å²) in [4.78, 5) is 16.5. The van der Waals surface area contributed by atoms with Gasteiger partial charge in [0, 0.05) is 13.6 Å². The van der Waals surface area contributed by atoms with Gasteiger partial charge in [0.25, 0.3) is 0 Å². The first-order chi connectivity index (χ1) is 9.45. The molecule has 1 aromatic carbocycles. The summed E-state index contributed by atoms with van der Waals surface area (Å²) in [5.41, 5.74) is 8.86. The van der Waals surface area contributed by atoms with Crippen LogP contribution in [0.5, 0.6) is 0 Å². The number of carbonyl (C=O) groups excluding carboxylic acids is 1. The number of likely N-dealkylation sites (N-methyl/N-ethyl adjacent to an activating group) is 1. The molecule has 1 unspecified atom stereocenters. The fourth-order valence-corrected chi connectivity index (χ4v) is 2.26. The van der Waals surface area contributed by atoms with Gasteiger partial charge >= 0.3 is 11.8 Å². The van der Waals surface area contributed by atoms with Crippen molar-refractivity contribution in [3.8, 4) is 0 Å². The van der Waals surface area contributed by atoms with Gasteiger partial charge in [0.2, 0.25) is 11.1 Å². The van der Waals surface area contributed by atoms with E-state index < -0.39 is 22.9 Å². The van der Waals surface area contributed by atoms with Crippen LogP contribution in [0, 0.1) is 5.92 Å². The van der Waals surface area contributed by atoms with Gasteiger partial charge in [-0.3, -0.25) is 4.79 Å². The quantitative estimate of drug-likeness (QED) is 0.365. The minimum atomic E-state index is -1.90. The predicted molar refractivity (Wildman–Crippen MR) is 75.0 cm³/mol. The lowest BCUT2D eigenvalue weighted by molar-refractivity contribution is -0.130. The van der Waals surface area contributed by atoms with Crippen molar-refractivity contribution in [3.05, 3.63) is 35.9 Å². The average molecular weight is 295 g/mol. The standard InChI is InChI=1S/C13H17N3O3S/c1-10(2)9-16(3)13(17)12(15-14)19-20(18)11-7-5-4-6-8-11/h4-8,10H,9H2,1-3H3. The van der Waals surface area contributed by atoms with Gasteiger partial charge in [-0.15, -0.1) is 4.79 Å². The van der Waals surface area contributed by atoms with Crippen LogP contribution in [-0.2, 0) is 20.1 Å². The van der Waals surface area contributed by atoms with Gasteiger partial charge in [-0.2, -0.15) is 0 Å². The summed E-state index contributed by atoms with van der Waals surface area (Å²) < 4.78 is 16.8. The third-order valence-electron chi connectivity index (χ3n) is 2.35. The van der Waals surface area contributed by atoms with Crippen molar-refractivity contribution in [2.24, 2.45) is 5.92 Å². The minimum absolute atomic E-state index is 0.253. The highest BCUT2D eigenvalue weighted by Gasteiger charge is 2.29. The molecule has 1 aromatic rings. The second kappa shape index (κ2) is 7.57. The minimum Gasteiger partial charge on any atom is -0.357 e. The van der Waals surface area contributed by atoms with E-state index in [0.29, 0.717) is 11.4 Å². The lowest BCUT2D eigenvalue weighted by Gasteiger charge is -2.16. The Morgan fingerprint density at radius 2 is 2.00 bits per heavy atom. The first-order valence-corrected chi connectivity index (χ1v) is 7.15. The molecule has 7 heteroatoms. The van der Waals surface area contributed by atoms with E-state index in [1.165, 1.54) is 4.90 Å². The molecule has 0 N–H and O–H groups in total. The number of hydrogen-bond acceptors (Lipinski definition) is 3. The molecule has 0 radical (unpaired) electrons. The molecule has 0 aliphatic carbocycles. The molecular formula is C13H17N3O3S. The van der Waals surface area contributed by atoms with E-state index in [9.17, 15) is 9.00 Å². The third kappa shape index (κ3) is 4.60. The van der Waals surface area contributed by atoms with Crippen LogP contribution < -0.4 is 0 Å². The summed E-state index contributed by atoms with van der Waals surface area (Å²) in [6.45, 7) is 4.37. The summed E-state index contributed by atoms with van der Waals surface area (Å²) in [5.74, 6) is -0.954. The smallest absolute Gasteiger partial charge is 0.357 e. The van der Waals surface area contributed by atoms with Crippen LogP contribution in [0.4, 0.5) is 0 Å². The van der Waals surface area contributed by atoms with Gasteiger partial charge in [-0.1, -0.05) is 32.0 Å². The zero-order valence-electron chi connectivity index (χ0n) is 11.6. The van der Waals surface area contributed by atoms with Gasteiger partial charge in [-0.25, -0.2) is 4.21 Å². The lowest BCUT2D eigenvalue weighted by atomic mass is 10.2. The van der Waals surface area contributed by atoms with E-state index in [1.807, 2.05) is 13.8 Å². The van der Waals surface area contributed by atoms with E-state index in [4.69, 9.17) is 9.71 Å². The maximum atomic E-state index is 12.0. The van der Waals surface area contributed by atoms with Crippen molar-refractivity contribution in [3.63, 3.8) is 0 Å². The maximum absolute atomic E-state index is 12.0. The molecule has 1 rings (SSSR count). The zero-order chi connectivity index (χ0) is 15.1. The van der Waals surface area contributed by atoms with Crippen molar-refractivity contribution < 1.29 is 18.0 Å². The Morgan fingerprint density at radius 3 is 2.50 bits per heavy atom. The van der Waals surface area contributed by atoms with E-state index in [1.54, 1.807) is 37.4 Å². The highest BCUT2D eigenvalue weighted by atomic mass is 32.2. The molecule has 6 nitrogen and oxygen atoms in total. The van der Waals surface area contributed by atoms with Gasteiger partial charge in [0.05, 0.1) is 4.90 Å². The molecular weight excluding hydrogens is 278 g/mol. The molecule has 0 aromatic heterocycles. The van der Waals surface area contributed by atoms with Crippen LogP contribution in [0.25, 0.3) is 5.53 Å². The Labute approximate surface area is 120 Å². The normalized spacial score (nSPS) is 11.6. The van der Waals surface area contributed by atoms with Crippen LogP contribution in [-0.4, -0.2) is 39.3 Å². The molecule has 0 aliphatic rings. The molecule has 20 heavy (non-hydrogen) atoms. The van der Waals surface area contributed by atoms with Crippen molar-refractivity contribution >= 4 is 22.9 Å². The Kier molecular flexibility index (Phi) is 6.09. The summed E-state index contributed by atoms with van der Waals surface area (Å²) in [7, 11) is 1.56. The Morgan fingerprint density at radius 1 is 1.40 bits per heavy atom. The Hall–Kier alpha value is -1.98.